The standard InChI is InChI=1S/C26H26FN3O3S/c1-32-21-8-4-6-17(24(21)33-2)13-28-19-9-10-20-22(12-19)34-25-23(20)26(31)30(15-29-25)14-16-5-3-7-18(27)11-16/h3-8,11,15,19,28H,9-10,12-14H2,1-2H3/t19-/m0/s1. The molecule has 176 valence electrons. The molecule has 1 N–H and O–H groups in total. The van der Waals surface area contributed by atoms with Crippen molar-refractivity contribution in [1.82, 2.24) is 14.9 Å². The van der Waals surface area contributed by atoms with Gasteiger partial charge < -0.3 is 14.8 Å². The third kappa shape index (κ3) is 4.31. The van der Waals surface area contributed by atoms with Gasteiger partial charge >= 0.3 is 0 Å². The second-order valence-corrected chi connectivity index (χ2v) is 9.55. The quantitative estimate of drug-likeness (QED) is 0.428. The van der Waals surface area contributed by atoms with E-state index >= 15 is 0 Å². The third-order valence-corrected chi connectivity index (χ3v) is 7.51. The zero-order valence-corrected chi connectivity index (χ0v) is 20.0. The summed E-state index contributed by atoms with van der Waals surface area (Å²) >= 11 is 1.60. The van der Waals surface area contributed by atoms with Crippen LogP contribution >= 0.6 is 11.3 Å². The summed E-state index contributed by atoms with van der Waals surface area (Å²) < 4.78 is 26.1. The summed E-state index contributed by atoms with van der Waals surface area (Å²) in [6.07, 6.45) is 4.18. The number of para-hydroxylation sites is 1. The Bertz CT molecular complexity index is 1400. The smallest absolute Gasteiger partial charge is 0.262 e. The number of aryl methyl sites for hydroxylation is 1. The largest absolute Gasteiger partial charge is 0.493 e. The topological polar surface area (TPSA) is 65.4 Å². The number of ether oxygens (including phenoxy) is 2. The van der Waals surface area contributed by atoms with Gasteiger partial charge in [-0.25, -0.2) is 9.37 Å². The zero-order chi connectivity index (χ0) is 23.7. The molecule has 1 aliphatic rings. The Morgan fingerprint density at radius 2 is 2.06 bits per heavy atom. The first-order chi connectivity index (χ1) is 16.6. The van der Waals surface area contributed by atoms with E-state index in [0.29, 0.717) is 24.5 Å². The van der Waals surface area contributed by atoms with Gasteiger partial charge in [-0.1, -0.05) is 24.3 Å². The number of nitrogens with one attached hydrogen (secondary N) is 1. The van der Waals surface area contributed by atoms with E-state index in [-0.39, 0.29) is 11.4 Å². The minimum Gasteiger partial charge on any atom is -0.493 e. The maximum Gasteiger partial charge on any atom is 0.262 e. The number of benzene rings is 2. The predicted molar refractivity (Wildman–Crippen MR) is 132 cm³/mol. The molecule has 0 aliphatic heterocycles. The van der Waals surface area contributed by atoms with E-state index in [0.717, 1.165) is 52.3 Å². The Labute approximate surface area is 201 Å². The van der Waals surface area contributed by atoms with Gasteiger partial charge in [0.2, 0.25) is 0 Å². The Morgan fingerprint density at radius 1 is 1.21 bits per heavy atom. The Morgan fingerprint density at radius 3 is 2.85 bits per heavy atom. The molecule has 0 fully saturated rings. The van der Waals surface area contributed by atoms with Crippen molar-refractivity contribution >= 4 is 21.6 Å². The highest BCUT2D eigenvalue weighted by Gasteiger charge is 2.25. The fourth-order valence-electron chi connectivity index (χ4n) is 4.67. The fraction of sp³-hybridized carbons (Fsp3) is 0.308. The van der Waals surface area contributed by atoms with Gasteiger partial charge in [0.1, 0.15) is 10.6 Å². The second kappa shape index (κ2) is 9.56. The lowest BCUT2D eigenvalue weighted by molar-refractivity contribution is 0.349. The molecule has 4 aromatic rings. The number of hydrogen-bond acceptors (Lipinski definition) is 6. The lowest BCUT2D eigenvalue weighted by Crippen LogP contribution is -2.34. The summed E-state index contributed by atoms with van der Waals surface area (Å²) in [5, 5.41) is 4.36. The molecule has 5 rings (SSSR count). The van der Waals surface area contributed by atoms with Crippen molar-refractivity contribution in [3.05, 3.63) is 86.5 Å². The van der Waals surface area contributed by atoms with Gasteiger partial charge in [0, 0.05) is 23.0 Å². The molecule has 1 aliphatic carbocycles. The summed E-state index contributed by atoms with van der Waals surface area (Å²) in [6, 6.07) is 12.5. The van der Waals surface area contributed by atoms with Gasteiger partial charge in [0.15, 0.2) is 11.5 Å². The Kier molecular flexibility index (Phi) is 6.34. The molecular formula is C26H26FN3O3S. The van der Waals surface area contributed by atoms with Crippen LogP contribution in [0.15, 0.2) is 53.6 Å². The lowest BCUT2D eigenvalue weighted by atomic mass is 9.93. The summed E-state index contributed by atoms with van der Waals surface area (Å²) in [7, 11) is 3.29. The van der Waals surface area contributed by atoms with Crippen LogP contribution in [0.1, 0.15) is 28.0 Å². The summed E-state index contributed by atoms with van der Waals surface area (Å²) in [5.41, 5.74) is 2.85. The van der Waals surface area contributed by atoms with E-state index < -0.39 is 0 Å². The number of thiophene rings is 1. The predicted octanol–water partition coefficient (Wildman–Crippen LogP) is 4.31. The molecule has 0 spiro atoms. The van der Waals surface area contributed by atoms with E-state index in [4.69, 9.17) is 9.47 Å². The van der Waals surface area contributed by atoms with Crippen LogP contribution in [-0.2, 0) is 25.9 Å². The normalized spacial score (nSPS) is 15.3. The molecule has 0 radical (unpaired) electrons. The molecule has 0 saturated carbocycles. The minimum atomic E-state index is -0.308. The number of hydrogen-bond donors (Lipinski definition) is 1. The van der Waals surface area contributed by atoms with Crippen LogP contribution in [0, 0.1) is 5.82 Å². The van der Waals surface area contributed by atoms with Crippen LogP contribution < -0.4 is 20.3 Å². The Hall–Kier alpha value is -3.23. The molecule has 1 atom stereocenters. The van der Waals surface area contributed by atoms with Crippen molar-refractivity contribution in [2.24, 2.45) is 0 Å². The van der Waals surface area contributed by atoms with Crippen LogP contribution in [0.2, 0.25) is 0 Å². The third-order valence-electron chi connectivity index (χ3n) is 6.34. The molecule has 0 amide bonds. The van der Waals surface area contributed by atoms with Crippen molar-refractivity contribution in [3.63, 3.8) is 0 Å². The van der Waals surface area contributed by atoms with Gasteiger partial charge in [-0.2, -0.15) is 0 Å². The molecule has 2 aromatic heterocycles. The molecule has 6 nitrogen and oxygen atoms in total. The molecule has 2 heterocycles. The summed E-state index contributed by atoms with van der Waals surface area (Å²) in [5.74, 6) is 1.16. The SMILES string of the molecule is COc1cccc(CN[C@H]2CCc3c(sc4ncn(Cc5cccc(F)c5)c(=O)c34)C2)c1OC. The molecule has 0 bridgehead atoms. The average Bonchev–Trinajstić information content (AvgIpc) is 3.22. The number of aromatic nitrogens is 2. The molecule has 8 heteroatoms. The van der Waals surface area contributed by atoms with E-state index in [9.17, 15) is 9.18 Å². The maximum atomic E-state index is 13.6. The zero-order valence-electron chi connectivity index (χ0n) is 19.1. The van der Waals surface area contributed by atoms with Crippen LogP contribution in [0.5, 0.6) is 11.5 Å². The van der Waals surface area contributed by atoms with Gasteiger partial charge in [-0.15, -0.1) is 11.3 Å². The summed E-state index contributed by atoms with van der Waals surface area (Å²) in [6.45, 7) is 0.973. The number of halogens is 1. The molecule has 0 saturated heterocycles. The number of nitrogens with zero attached hydrogens (tertiary/aromatic N) is 2. The number of methoxy groups -OCH3 is 2. The van der Waals surface area contributed by atoms with Crippen LogP contribution in [0.3, 0.4) is 0 Å². The number of rotatable bonds is 7. The molecule has 0 unspecified atom stereocenters. The van der Waals surface area contributed by atoms with Gasteiger partial charge in [0.05, 0.1) is 32.5 Å². The average molecular weight is 480 g/mol. The maximum absolute atomic E-state index is 13.6. The highest BCUT2D eigenvalue weighted by Crippen LogP contribution is 2.34. The first-order valence-electron chi connectivity index (χ1n) is 11.2. The highest BCUT2D eigenvalue weighted by molar-refractivity contribution is 7.18. The first kappa shape index (κ1) is 22.6. The second-order valence-electron chi connectivity index (χ2n) is 8.46. The van der Waals surface area contributed by atoms with Crippen molar-refractivity contribution in [1.29, 1.82) is 0 Å². The molecular weight excluding hydrogens is 453 g/mol. The van der Waals surface area contributed by atoms with Crippen molar-refractivity contribution in [3.8, 4) is 11.5 Å². The molecule has 34 heavy (non-hydrogen) atoms. The van der Waals surface area contributed by atoms with Gasteiger partial charge in [-0.05, 0) is 48.6 Å². The van der Waals surface area contributed by atoms with Crippen LogP contribution in [-0.4, -0.2) is 29.8 Å². The van der Waals surface area contributed by atoms with E-state index in [2.05, 4.69) is 10.3 Å². The highest BCUT2D eigenvalue weighted by atomic mass is 32.1. The molecule has 2 aromatic carbocycles. The monoisotopic (exact) mass is 479 g/mol. The van der Waals surface area contributed by atoms with Crippen molar-refractivity contribution in [2.75, 3.05) is 14.2 Å². The first-order valence-corrected chi connectivity index (χ1v) is 12.1. The van der Waals surface area contributed by atoms with Gasteiger partial charge in [0.25, 0.3) is 5.56 Å². The van der Waals surface area contributed by atoms with Crippen molar-refractivity contribution in [2.45, 2.75) is 38.4 Å². The number of fused-ring (bicyclic) bond motifs is 3. The van der Waals surface area contributed by atoms with Crippen LogP contribution in [0.4, 0.5) is 4.39 Å². The minimum absolute atomic E-state index is 0.0562. The van der Waals surface area contributed by atoms with E-state index in [1.807, 2.05) is 24.3 Å². The lowest BCUT2D eigenvalue weighted by Gasteiger charge is -2.24. The summed E-state index contributed by atoms with van der Waals surface area (Å²) in [4.78, 5) is 19.8. The van der Waals surface area contributed by atoms with Crippen molar-refractivity contribution < 1.29 is 13.9 Å². The van der Waals surface area contributed by atoms with E-state index in [1.165, 1.54) is 17.0 Å². The fourth-order valence-corrected chi connectivity index (χ4v) is 5.92. The Balaban J connectivity index is 1.35. The van der Waals surface area contributed by atoms with Crippen LogP contribution in [0.25, 0.3) is 10.2 Å². The van der Waals surface area contributed by atoms with Gasteiger partial charge in [-0.3, -0.25) is 9.36 Å². The van der Waals surface area contributed by atoms with E-state index in [1.54, 1.807) is 42.5 Å².